The maximum absolute atomic E-state index is 5.64. The second-order valence-corrected chi connectivity index (χ2v) is 5.70. The van der Waals surface area contributed by atoms with Crippen molar-refractivity contribution < 1.29 is 0 Å². The van der Waals surface area contributed by atoms with Gasteiger partial charge in [0.15, 0.2) is 4.73 Å². The van der Waals surface area contributed by atoms with Crippen LogP contribution in [0.3, 0.4) is 0 Å². The summed E-state index contributed by atoms with van der Waals surface area (Å²) in [6.45, 7) is 0.615. The molecule has 0 saturated carbocycles. The molecule has 5 heteroatoms. The highest BCUT2D eigenvalue weighted by atomic mass is 79.9. The SMILES string of the molecule is NCCc1[nH]c(Br)nc1-c1csc2ccccc12. The van der Waals surface area contributed by atoms with Crippen molar-refractivity contribution in [2.45, 2.75) is 6.42 Å². The molecule has 2 heterocycles. The Balaban J connectivity index is 2.19. The Morgan fingerprint density at radius 3 is 3.00 bits per heavy atom. The third-order valence-electron chi connectivity index (χ3n) is 2.88. The first-order valence-corrected chi connectivity index (χ1v) is 7.38. The second-order valence-electron chi connectivity index (χ2n) is 4.04. The molecule has 1 aromatic carbocycles. The number of aromatic nitrogens is 2. The minimum Gasteiger partial charge on any atom is -0.336 e. The fraction of sp³-hybridized carbons (Fsp3) is 0.154. The molecule has 0 aliphatic carbocycles. The molecule has 0 bridgehead atoms. The van der Waals surface area contributed by atoms with Crippen LogP contribution in [0, 0.1) is 0 Å². The van der Waals surface area contributed by atoms with Crippen LogP contribution in [0.2, 0.25) is 0 Å². The van der Waals surface area contributed by atoms with Gasteiger partial charge < -0.3 is 10.7 Å². The van der Waals surface area contributed by atoms with E-state index in [0.717, 1.165) is 22.5 Å². The number of hydrogen-bond donors (Lipinski definition) is 2. The zero-order valence-electron chi connectivity index (χ0n) is 9.61. The molecule has 3 rings (SSSR count). The van der Waals surface area contributed by atoms with Crippen LogP contribution in [0.4, 0.5) is 0 Å². The molecular formula is C13H12BrN3S. The zero-order valence-corrected chi connectivity index (χ0v) is 12.0. The molecule has 0 aliphatic heterocycles. The standard InChI is InChI=1S/C13H12BrN3S/c14-13-16-10(5-6-15)12(17-13)9-7-18-11-4-2-1-3-8(9)11/h1-4,7H,5-6,15H2,(H,16,17). The fourth-order valence-corrected chi connectivity index (χ4v) is 3.45. The summed E-state index contributed by atoms with van der Waals surface area (Å²) in [4.78, 5) is 7.76. The van der Waals surface area contributed by atoms with Crippen LogP contribution in [0.15, 0.2) is 34.4 Å². The average molecular weight is 322 g/mol. The monoisotopic (exact) mass is 321 g/mol. The summed E-state index contributed by atoms with van der Waals surface area (Å²) in [7, 11) is 0. The highest BCUT2D eigenvalue weighted by Crippen LogP contribution is 2.35. The van der Waals surface area contributed by atoms with Gasteiger partial charge in [-0.1, -0.05) is 18.2 Å². The van der Waals surface area contributed by atoms with Gasteiger partial charge in [0.25, 0.3) is 0 Å². The van der Waals surface area contributed by atoms with Crippen LogP contribution in [0.25, 0.3) is 21.3 Å². The highest BCUT2D eigenvalue weighted by Gasteiger charge is 2.14. The molecule has 0 spiro atoms. The van der Waals surface area contributed by atoms with Gasteiger partial charge in [-0.05, 0) is 28.5 Å². The van der Waals surface area contributed by atoms with E-state index in [0.29, 0.717) is 6.54 Å². The summed E-state index contributed by atoms with van der Waals surface area (Å²) < 4.78 is 2.04. The molecule has 0 fully saturated rings. The average Bonchev–Trinajstić information content (AvgIpc) is 2.93. The summed E-state index contributed by atoms with van der Waals surface area (Å²) >= 11 is 5.14. The molecular weight excluding hydrogens is 310 g/mol. The van der Waals surface area contributed by atoms with E-state index in [1.807, 2.05) is 0 Å². The molecule has 0 atom stereocenters. The van der Waals surface area contributed by atoms with E-state index in [-0.39, 0.29) is 0 Å². The normalized spacial score (nSPS) is 11.2. The molecule has 3 nitrogen and oxygen atoms in total. The zero-order chi connectivity index (χ0) is 12.5. The van der Waals surface area contributed by atoms with E-state index in [1.165, 1.54) is 15.6 Å². The van der Waals surface area contributed by atoms with Gasteiger partial charge in [0.05, 0.1) is 5.69 Å². The summed E-state index contributed by atoms with van der Waals surface area (Å²) in [6, 6.07) is 8.39. The number of H-pyrrole nitrogens is 1. The Labute approximate surface area is 117 Å². The maximum Gasteiger partial charge on any atom is 0.175 e. The molecule has 2 aromatic heterocycles. The first-order valence-electron chi connectivity index (χ1n) is 5.70. The Morgan fingerprint density at radius 2 is 2.17 bits per heavy atom. The number of halogens is 1. The molecule has 92 valence electrons. The minimum absolute atomic E-state index is 0.615. The number of imidazole rings is 1. The number of rotatable bonds is 3. The molecule has 3 N–H and O–H groups in total. The van der Waals surface area contributed by atoms with E-state index in [2.05, 4.69) is 55.5 Å². The van der Waals surface area contributed by atoms with Crippen LogP contribution < -0.4 is 5.73 Å². The Morgan fingerprint density at radius 1 is 1.33 bits per heavy atom. The number of hydrogen-bond acceptors (Lipinski definition) is 3. The summed E-state index contributed by atoms with van der Waals surface area (Å²) in [5.41, 5.74) is 8.92. The van der Waals surface area contributed by atoms with E-state index in [9.17, 15) is 0 Å². The lowest BCUT2D eigenvalue weighted by atomic mass is 10.1. The van der Waals surface area contributed by atoms with Crippen molar-refractivity contribution >= 4 is 37.4 Å². The van der Waals surface area contributed by atoms with Crippen molar-refractivity contribution in [2.75, 3.05) is 6.54 Å². The third-order valence-corrected chi connectivity index (χ3v) is 4.22. The van der Waals surface area contributed by atoms with Crippen molar-refractivity contribution in [3.05, 3.63) is 40.1 Å². The van der Waals surface area contributed by atoms with Gasteiger partial charge in [0, 0.05) is 33.1 Å². The van der Waals surface area contributed by atoms with Gasteiger partial charge in [0.2, 0.25) is 0 Å². The number of fused-ring (bicyclic) bond motifs is 1. The molecule has 18 heavy (non-hydrogen) atoms. The Kier molecular flexibility index (Phi) is 3.20. The third kappa shape index (κ3) is 1.98. The predicted molar refractivity (Wildman–Crippen MR) is 79.9 cm³/mol. The van der Waals surface area contributed by atoms with Gasteiger partial charge in [-0.2, -0.15) is 0 Å². The molecule has 0 saturated heterocycles. The van der Waals surface area contributed by atoms with Crippen molar-refractivity contribution in [1.82, 2.24) is 9.97 Å². The van der Waals surface area contributed by atoms with Gasteiger partial charge in [-0.3, -0.25) is 0 Å². The smallest absolute Gasteiger partial charge is 0.175 e. The number of benzene rings is 1. The van der Waals surface area contributed by atoms with Crippen molar-refractivity contribution in [1.29, 1.82) is 0 Å². The molecule has 0 unspecified atom stereocenters. The lowest BCUT2D eigenvalue weighted by Gasteiger charge is -1.99. The van der Waals surface area contributed by atoms with Gasteiger partial charge in [0.1, 0.15) is 0 Å². The predicted octanol–water partition coefficient (Wildman–Crippen LogP) is 3.56. The number of nitrogens with one attached hydrogen (secondary N) is 1. The van der Waals surface area contributed by atoms with Crippen LogP contribution in [0.1, 0.15) is 5.69 Å². The Bertz CT molecular complexity index is 686. The van der Waals surface area contributed by atoms with Crippen molar-refractivity contribution in [3.8, 4) is 11.3 Å². The lowest BCUT2D eigenvalue weighted by Crippen LogP contribution is -2.03. The number of thiophene rings is 1. The topological polar surface area (TPSA) is 54.7 Å². The largest absolute Gasteiger partial charge is 0.336 e. The number of aromatic amines is 1. The van der Waals surface area contributed by atoms with Crippen LogP contribution in [-0.2, 0) is 6.42 Å². The van der Waals surface area contributed by atoms with E-state index >= 15 is 0 Å². The van der Waals surface area contributed by atoms with Gasteiger partial charge in [-0.25, -0.2) is 4.98 Å². The minimum atomic E-state index is 0.615. The van der Waals surface area contributed by atoms with Crippen LogP contribution in [0.5, 0.6) is 0 Å². The molecule has 0 radical (unpaired) electrons. The van der Waals surface area contributed by atoms with Crippen LogP contribution in [-0.4, -0.2) is 16.5 Å². The molecule has 0 aliphatic rings. The summed E-state index contributed by atoms with van der Waals surface area (Å²) in [6.07, 6.45) is 0.804. The summed E-state index contributed by atoms with van der Waals surface area (Å²) in [5.74, 6) is 0. The Hall–Kier alpha value is -1.17. The van der Waals surface area contributed by atoms with E-state index < -0.39 is 0 Å². The first-order chi connectivity index (χ1) is 8.79. The summed E-state index contributed by atoms with van der Waals surface area (Å²) in [5, 5.41) is 3.41. The lowest BCUT2D eigenvalue weighted by molar-refractivity contribution is 0.934. The van der Waals surface area contributed by atoms with E-state index in [1.54, 1.807) is 11.3 Å². The number of nitrogens with zero attached hydrogens (tertiary/aromatic N) is 1. The van der Waals surface area contributed by atoms with Gasteiger partial charge >= 0.3 is 0 Å². The van der Waals surface area contributed by atoms with E-state index in [4.69, 9.17) is 5.73 Å². The second kappa shape index (κ2) is 4.84. The quantitative estimate of drug-likeness (QED) is 0.775. The maximum atomic E-state index is 5.64. The van der Waals surface area contributed by atoms with Crippen molar-refractivity contribution in [3.63, 3.8) is 0 Å². The van der Waals surface area contributed by atoms with Crippen LogP contribution >= 0.6 is 27.3 Å². The highest BCUT2D eigenvalue weighted by molar-refractivity contribution is 9.10. The molecule has 0 amide bonds. The first kappa shape index (κ1) is 11.9. The number of nitrogens with two attached hydrogens (primary N) is 1. The molecule has 3 aromatic rings. The fourth-order valence-electron chi connectivity index (χ4n) is 2.09. The van der Waals surface area contributed by atoms with Crippen molar-refractivity contribution in [2.24, 2.45) is 5.73 Å². The van der Waals surface area contributed by atoms with Gasteiger partial charge in [-0.15, -0.1) is 11.3 Å².